The van der Waals surface area contributed by atoms with Gasteiger partial charge >= 0.3 is 0 Å². The van der Waals surface area contributed by atoms with Gasteiger partial charge in [0, 0.05) is 44.6 Å². The molecule has 0 atom stereocenters. The van der Waals surface area contributed by atoms with Gasteiger partial charge in [-0.3, -0.25) is 0 Å². The highest BCUT2D eigenvalue weighted by atomic mass is 16.3. The van der Waals surface area contributed by atoms with Crippen molar-refractivity contribution in [3.05, 3.63) is 193 Å². The van der Waals surface area contributed by atoms with Gasteiger partial charge in [-0.1, -0.05) is 122 Å². The first kappa shape index (κ1) is 30.0. The third-order valence-corrected chi connectivity index (χ3v) is 10.5. The second-order valence-corrected chi connectivity index (χ2v) is 13.3. The topological polar surface area (TPSA) is 19.6 Å². The highest BCUT2D eigenvalue weighted by Crippen LogP contribution is 2.49. The van der Waals surface area contributed by atoms with Crippen molar-refractivity contribution in [2.24, 2.45) is 0 Å². The van der Waals surface area contributed by atoms with Crippen LogP contribution in [0.25, 0.3) is 21.9 Å². The van der Waals surface area contributed by atoms with E-state index in [-0.39, 0.29) is 5.41 Å². The Hall–Kier alpha value is -6.06. The molecule has 0 radical (unpaired) electrons. The average molecular weight is 647 g/mol. The van der Waals surface area contributed by atoms with Gasteiger partial charge in [-0.05, 0) is 96.8 Å². The second kappa shape index (κ2) is 12.8. The van der Waals surface area contributed by atoms with Crippen molar-refractivity contribution in [3.8, 4) is 0 Å². The van der Waals surface area contributed by atoms with E-state index in [1.54, 1.807) is 0 Å². The van der Waals surface area contributed by atoms with E-state index < -0.39 is 0 Å². The lowest BCUT2D eigenvalue weighted by Gasteiger charge is -2.32. The van der Waals surface area contributed by atoms with Gasteiger partial charge in [-0.2, -0.15) is 0 Å². The van der Waals surface area contributed by atoms with E-state index in [1.807, 2.05) is 6.07 Å². The Kier molecular flexibility index (Phi) is 7.66. The van der Waals surface area contributed by atoms with Gasteiger partial charge in [0.05, 0.1) is 5.69 Å². The minimum Gasteiger partial charge on any atom is -0.454 e. The van der Waals surface area contributed by atoms with Crippen LogP contribution in [0.1, 0.15) is 36.8 Å². The van der Waals surface area contributed by atoms with Crippen LogP contribution >= 0.6 is 0 Å². The molecule has 0 unspecified atom stereocenters. The van der Waals surface area contributed by atoms with E-state index in [2.05, 4.69) is 186 Å². The number of rotatable bonds is 8. The van der Waals surface area contributed by atoms with Crippen LogP contribution in [-0.4, -0.2) is 0 Å². The van der Waals surface area contributed by atoms with Crippen molar-refractivity contribution in [2.75, 3.05) is 9.80 Å². The molecule has 0 saturated heterocycles. The number of para-hydroxylation sites is 5. The molecule has 50 heavy (non-hydrogen) atoms. The highest BCUT2D eigenvalue weighted by Gasteiger charge is 2.37. The van der Waals surface area contributed by atoms with Gasteiger partial charge in [0.1, 0.15) is 5.58 Å². The minimum absolute atomic E-state index is 0.0162. The van der Waals surface area contributed by atoms with E-state index in [0.29, 0.717) is 0 Å². The molecule has 1 fully saturated rings. The molecule has 0 amide bonds. The lowest BCUT2D eigenvalue weighted by atomic mass is 9.73. The maximum Gasteiger partial charge on any atom is 0.159 e. The summed E-state index contributed by atoms with van der Waals surface area (Å²) in [5.74, 6) is 0. The van der Waals surface area contributed by atoms with Crippen LogP contribution in [0.2, 0.25) is 0 Å². The number of nitrogens with zero attached hydrogens (tertiary/aromatic N) is 2. The number of furan rings is 1. The molecule has 3 heteroatoms. The van der Waals surface area contributed by atoms with Crippen LogP contribution in [0, 0.1) is 0 Å². The Morgan fingerprint density at radius 1 is 0.380 bits per heavy atom. The average Bonchev–Trinajstić information content (AvgIpc) is 3.84. The predicted molar refractivity (Wildman–Crippen MR) is 209 cm³/mol. The molecule has 8 aromatic rings. The fraction of sp³-hybridized carbons (Fsp3) is 0.106. The molecule has 1 heterocycles. The minimum atomic E-state index is -0.0162. The number of benzene rings is 7. The summed E-state index contributed by atoms with van der Waals surface area (Å²) < 4.78 is 6.52. The van der Waals surface area contributed by atoms with Gasteiger partial charge in [-0.25, -0.2) is 0 Å². The van der Waals surface area contributed by atoms with Crippen molar-refractivity contribution >= 4 is 56.1 Å². The zero-order valence-electron chi connectivity index (χ0n) is 28.0. The van der Waals surface area contributed by atoms with Crippen LogP contribution < -0.4 is 9.80 Å². The fourth-order valence-corrected chi connectivity index (χ4v) is 8.10. The summed E-state index contributed by atoms with van der Waals surface area (Å²) in [7, 11) is 0. The maximum absolute atomic E-state index is 6.52. The third-order valence-electron chi connectivity index (χ3n) is 10.5. The van der Waals surface area contributed by atoms with E-state index in [4.69, 9.17) is 4.42 Å². The predicted octanol–water partition coefficient (Wildman–Crippen LogP) is 13.4. The van der Waals surface area contributed by atoms with Gasteiger partial charge in [-0.15, -0.1) is 0 Å². The Labute approximate surface area is 293 Å². The van der Waals surface area contributed by atoms with E-state index >= 15 is 0 Å². The molecule has 0 bridgehead atoms. The van der Waals surface area contributed by atoms with Crippen LogP contribution in [0.5, 0.6) is 0 Å². The van der Waals surface area contributed by atoms with Gasteiger partial charge in [0.2, 0.25) is 0 Å². The third kappa shape index (κ3) is 5.23. The van der Waals surface area contributed by atoms with Gasteiger partial charge < -0.3 is 14.2 Å². The van der Waals surface area contributed by atoms with Gasteiger partial charge in [0.25, 0.3) is 0 Å². The quantitative estimate of drug-likeness (QED) is 0.164. The van der Waals surface area contributed by atoms with Gasteiger partial charge in [0.15, 0.2) is 5.58 Å². The van der Waals surface area contributed by atoms with Crippen molar-refractivity contribution in [1.29, 1.82) is 0 Å². The molecule has 3 nitrogen and oxygen atoms in total. The fourth-order valence-electron chi connectivity index (χ4n) is 8.10. The molecule has 0 N–H and O–H groups in total. The van der Waals surface area contributed by atoms with E-state index in [9.17, 15) is 0 Å². The second-order valence-electron chi connectivity index (χ2n) is 13.3. The molecule has 1 aliphatic rings. The van der Waals surface area contributed by atoms with Crippen LogP contribution in [0.3, 0.4) is 0 Å². The maximum atomic E-state index is 6.52. The summed E-state index contributed by atoms with van der Waals surface area (Å²) in [4.78, 5) is 4.66. The molecule has 0 spiro atoms. The SMILES string of the molecule is c1ccc(N(c2ccccc2)c2ccc(C3(c4ccc(N(c5ccccc5)c5cccc6c5oc5ccccc56)cc4)CCCC3)cc2)cc1. The van der Waals surface area contributed by atoms with Crippen molar-refractivity contribution in [3.63, 3.8) is 0 Å². The van der Waals surface area contributed by atoms with E-state index in [1.165, 1.54) is 24.0 Å². The smallest absolute Gasteiger partial charge is 0.159 e. The summed E-state index contributed by atoms with van der Waals surface area (Å²) in [5, 5.41) is 2.26. The summed E-state index contributed by atoms with van der Waals surface area (Å²) in [6.45, 7) is 0. The number of anilines is 6. The van der Waals surface area contributed by atoms with Crippen molar-refractivity contribution < 1.29 is 4.42 Å². The first-order chi connectivity index (χ1) is 24.8. The molecular formula is C47H38N2O. The van der Waals surface area contributed by atoms with E-state index in [0.717, 1.165) is 68.9 Å². The number of hydrogen-bond acceptors (Lipinski definition) is 3. The molecule has 1 aliphatic carbocycles. The molecule has 242 valence electrons. The Bertz CT molecular complexity index is 2320. The van der Waals surface area contributed by atoms with Crippen LogP contribution in [0.15, 0.2) is 186 Å². The molecule has 1 saturated carbocycles. The summed E-state index contributed by atoms with van der Waals surface area (Å²) in [6, 6.07) is 65.3. The summed E-state index contributed by atoms with van der Waals surface area (Å²) in [5.41, 5.74) is 11.3. The number of hydrogen-bond donors (Lipinski definition) is 0. The lowest BCUT2D eigenvalue weighted by Crippen LogP contribution is -2.24. The summed E-state index contributed by atoms with van der Waals surface area (Å²) in [6.07, 6.45) is 4.75. The number of fused-ring (bicyclic) bond motifs is 3. The zero-order valence-corrected chi connectivity index (χ0v) is 28.0. The molecular weight excluding hydrogens is 609 g/mol. The first-order valence-corrected chi connectivity index (χ1v) is 17.7. The molecule has 0 aliphatic heterocycles. The van der Waals surface area contributed by atoms with Crippen LogP contribution in [-0.2, 0) is 5.41 Å². The molecule has 7 aromatic carbocycles. The summed E-state index contributed by atoms with van der Waals surface area (Å²) >= 11 is 0. The monoisotopic (exact) mass is 646 g/mol. The standard InChI is InChI=1S/C47H38N2O/c1-4-15-37(16-5-1)48(38-17-6-2-7-18-38)40-29-25-35(26-30-40)47(33-12-13-34-47)36-27-31-41(32-28-36)49(39-19-8-3-9-20-39)44-23-14-22-43-42-21-10-11-24-45(42)50-46(43)44/h1-11,14-32H,12-13,33-34H2. The first-order valence-electron chi connectivity index (χ1n) is 17.7. The Balaban J connectivity index is 1.10. The Morgan fingerprint density at radius 3 is 1.38 bits per heavy atom. The van der Waals surface area contributed by atoms with Crippen molar-refractivity contribution in [1.82, 2.24) is 0 Å². The normalized spacial score (nSPS) is 13.8. The highest BCUT2D eigenvalue weighted by molar-refractivity contribution is 6.10. The molecule has 1 aromatic heterocycles. The van der Waals surface area contributed by atoms with Crippen molar-refractivity contribution in [2.45, 2.75) is 31.1 Å². The Morgan fingerprint density at radius 2 is 0.820 bits per heavy atom. The zero-order chi connectivity index (χ0) is 33.3. The molecule has 9 rings (SSSR count). The lowest BCUT2D eigenvalue weighted by molar-refractivity contribution is 0.535. The largest absolute Gasteiger partial charge is 0.454 e. The van der Waals surface area contributed by atoms with Crippen LogP contribution in [0.4, 0.5) is 34.1 Å².